The summed E-state index contributed by atoms with van der Waals surface area (Å²) >= 11 is 5.82. The monoisotopic (exact) mass is 302 g/mol. The minimum atomic E-state index is -0.961. The number of methoxy groups -OCH3 is 1. The van der Waals surface area contributed by atoms with E-state index in [0.717, 1.165) is 0 Å². The van der Waals surface area contributed by atoms with E-state index >= 15 is 0 Å². The number of carbonyl (C=O) groups is 1. The van der Waals surface area contributed by atoms with E-state index in [1.165, 1.54) is 19.2 Å². The molecule has 0 saturated heterocycles. The molecule has 0 aliphatic heterocycles. The summed E-state index contributed by atoms with van der Waals surface area (Å²) in [5, 5.41) is 22.4. The van der Waals surface area contributed by atoms with Crippen LogP contribution in [0.4, 0.5) is 11.4 Å². The van der Waals surface area contributed by atoms with Gasteiger partial charge in [0.1, 0.15) is 5.02 Å². The second kappa shape index (κ2) is 7.06. The Balaban J connectivity index is 2.80. The van der Waals surface area contributed by atoms with Crippen molar-refractivity contribution in [3.8, 4) is 0 Å². The fourth-order valence-electron chi connectivity index (χ4n) is 1.65. The van der Waals surface area contributed by atoms with Crippen LogP contribution < -0.4 is 5.32 Å². The first-order valence-corrected chi connectivity index (χ1v) is 6.16. The average molecular weight is 303 g/mol. The van der Waals surface area contributed by atoms with Crippen LogP contribution in [0.2, 0.25) is 5.02 Å². The van der Waals surface area contributed by atoms with Crippen LogP contribution in [0.15, 0.2) is 12.1 Å². The Kier molecular flexibility index (Phi) is 5.72. The maximum Gasteiger partial charge on any atom is 0.306 e. The zero-order chi connectivity index (χ0) is 15.3. The lowest BCUT2D eigenvalue weighted by Gasteiger charge is -2.16. The maximum atomic E-state index is 10.7. The highest BCUT2D eigenvalue weighted by Gasteiger charge is 2.16. The largest absolute Gasteiger partial charge is 0.481 e. The molecule has 0 spiro atoms. The van der Waals surface area contributed by atoms with Gasteiger partial charge in [0.2, 0.25) is 0 Å². The molecule has 1 aromatic carbocycles. The van der Waals surface area contributed by atoms with Crippen LogP contribution in [-0.4, -0.2) is 35.8 Å². The number of aliphatic carboxylic acids is 1. The van der Waals surface area contributed by atoms with Gasteiger partial charge in [-0.15, -0.1) is 0 Å². The van der Waals surface area contributed by atoms with Crippen molar-refractivity contribution in [2.75, 3.05) is 19.0 Å². The van der Waals surface area contributed by atoms with Crippen LogP contribution in [0.5, 0.6) is 0 Å². The molecular weight excluding hydrogens is 288 g/mol. The van der Waals surface area contributed by atoms with Crippen molar-refractivity contribution in [1.82, 2.24) is 0 Å². The van der Waals surface area contributed by atoms with Crippen molar-refractivity contribution >= 4 is 28.9 Å². The molecular formula is C12H15ClN2O5. The third kappa shape index (κ3) is 4.36. The van der Waals surface area contributed by atoms with Gasteiger partial charge in [-0.2, -0.15) is 0 Å². The summed E-state index contributed by atoms with van der Waals surface area (Å²) < 4.78 is 5.03. The fraction of sp³-hybridized carbons (Fsp3) is 0.417. The average Bonchev–Trinajstić information content (AvgIpc) is 2.36. The fourth-order valence-corrected chi connectivity index (χ4v) is 1.89. The number of carboxylic acid groups (broad SMARTS) is 1. The first kappa shape index (κ1) is 16.2. The second-order valence-corrected chi connectivity index (χ2v) is 4.62. The third-order valence-electron chi connectivity index (χ3n) is 2.75. The van der Waals surface area contributed by atoms with Crippen molar-refractivity contribution < 1.29 is 19.6 Å². The Morgan fingerprint density at radius 1 is 1.60 bits per heavy atom. The van der Waals surface area contributed by atoms with Gasteiger partial charge in [-0.1, -0.05) is 11.6 Å². The van der Waals surface area contributed by atoms with Crippen LogP contribution in [0, 0.1) is 17.0 Å². The van der Waals surface area contributed by atoms with Crippen molar-refractivity contribution in [3.05, 3.63) is 32.8 Å². The molecule has 0 saturated carbocycles. The molecule has 1 atom stereocenters. The molecule has 0 aliphatic rings. The number of hydrogen-bond acceptors (Lipinski definition) is 5. The number of anilines is 1. The first-order chi connectivity index (χ1) is 9.35. The molecule has 0 bridgehead atoms. The molecule has 1 unspecified atom stereocenters. The molecule has 0 amide bonds. The molecule has 1 rings (SSSR count). The van der Waals surface area contributed by atoms with Gasteiger partial charge in [-0.25, -0.2) is 0 Å². The summed E-state index contributed by atoms with van der Waals surface area (Å²) in [7, 11) is 1.42. The van der Waals surface area contributed by atoms with Gasteiger partial charge in [-0.05, 0) is 18.6 Å². The zero-order valence-corrected chi connectivity index (χ0v) is 11.8. The number of benzene rings is 1. The van der Waals surface area contributed by atoms with E-state index < -0.39 is 17.0 Å². The predicted molar refractivity (Wildman–Crippen MR) is 74.4 cm³/mol. The van der Waals surface area contributed by atoms with E-state index in [2.05, 4.69) is 5.32 Å². The Bertz CT molecular complexity index is 521. The number of carboxylic acids is 1. The summed E-state index contributed by atoms with van der Waals surface area (Å²) in [4.78, 5) is 20.8. The van der Waals surface area contributed by atoms with E-state index in [-0.39, 0.29) is 23.7 Å². The molecule has 0 heterocycles. The van der Waals surface area contributed by atoms with Crippen LogP contribution in [0.3, 0.4) is 0 Å². The number of nitro groups is 1. The van der Waals surface area contributed by atoms with Gasteiger partial charge in [0, 0.05) is 25.4 Å². The third-order valence-corrected chi connectivity index (χ3v) is 3.05. The van der Waals surface area contributed by atoms with Gasteiger partial charge in [0.05, 0.1) is 17.4 Å². The number of nitrogens with one attached hydrogen (secondary N) is 1. The highest BCUT2D eigenvalue weighted by Crippen LogP contribution is 2.30. The Hall–Kier alpha value is -1.86. The van der Waals surface area contributed by atoms with Crippen LogP contribution in [0.1, 0.15) is 12.0 Å². The number of halogens is 1. The quantitative estimate of drug-likeness (QED) is 0.592. The summed E-state index contributed by atoms with van der Waals surface area (Å²) in [6, 6.07) is 2.81. The van der Waals surface area contributed by atoms with Crippen molar-refractivity contribution in [1.29, 1.82) is 0 Å². The Morgan fingerprint density at radius 2 is 2.25 bits per heavy atom. The van der Waals surface area contributed by atoms with Crippen molar-refractivity contribution in [2.24, 2.45) is 0 Å². The van der Waals surface area contributed by atoms with Crippen LogP contribution in [0.25, 0.3) is 0 Å². The van der Waals surface area contributed by atoms with E-state index in [4.69, 9.17) is 21.4 Å². The highest BCUT2D eigenvalue weighted by atomic mass is 35.5. The molecule has 7 nitrogen and oxygen atoms in total. The Morgan fingerprint density at radius 3 is 2.75 bits per heavy atom. The standard InChI is InChI=1S/C12H15ClN2O5/c1-7-3-11(15(18)19)9(13)5-10(7)14-6-8(20-2)4-12(16)17/h3,5,8,14H,4,6H2,1-2H3,(H,16,17). The molecule has 8 heteroatoms. The Labute approximate surface area is 120 Å². The van der Waals surface area contributed by atoms with E-state index in [1.54, 1.807) is 6.92 Å². The van der Waals surface area contributed by atoms with Gasteiger partial charge in [0.25, 0.3) is 5.69 Å². The topological polar surface area (TPSA) is 102 Å². The molecule has 110 valence electrons. The lowest BCUT2D eigenvalue weighted by molar-refractivity contribution is -0.384. The van der Waals surface area contributed by atoms with Gasteiger partial charge in [-0.3, -0.25) is 14.9 Å². The first-order valence-electron chi connectivity index (χ1n) is 5.78. The number of rotatable bonds is 7. The number of nitro benzene ring substituents is 1. The minimum Gasteiger partial charge on any atom is -0.481 e. The molecule has 0 fully saturated rings. The lowest BCUT2D eigenvalue weighted by Crippen LogP contribution is -2.25. The molecule has 0 aliphatic carbocycles. The maximum absolute atomic E-state index is 10.7. The SMILES string of the molecule is COC(CNc1cc(Cl)c([N+](=O)[O-])cc1C)CC(=O)O. The van der Waals surface area contributed by atoms with Crippen LogP contribution in [-0.2, 0) is 9.53 Å². The van der Waals surface area contributed by atoms with Gasteiger partial charge in [0.15, 0.2) is 0 Å². The lowest BCUT2D eigenvalue weighted by atomic mass is 10.1. The summed E-state index contributed by atoms with van der Waals surface area (Å²) in [5.41, 5.74) is 1.09. The summed E-state index contributed by atoms with van der Waals surface area (Å²) in [6.45, 7) is 1.96. The smallest absolute Gasteiger partial charge is 0.306 e. The number of hydrogen-bond donors (Lipinski definition) is 2. The number of nitrogens with zero attached hydrogens (tertiary/aromatic N) is 1. The van der Waals surface area contributed by atoms with Gasteiger partial charge < -0.3 is 15.2 Å². The number of ether oxygens (including phenoxy) is 1. The molecule has 20 heavy (non-hydrogen) atoms. The minimum absolute atomic E-state index is 0.0234. The van der Waals surface area contributed by atoms with E-state index in [0.29, 0.717) is 11.3 Å². The molecule has 2 N–H and O–H groups in total. The molecule has 0 radical (unpaired) electrons. The number of aryl methyl sites for hydroxylation is 1. The molecule has 1 aromatic rings. The van der Waals surface area contributed by atoms with E-state index in [1.807, 2.05) is 0 Å². The normalized spacial score (nSPS) is 11.9. The zero-order valence-electron chi connectivity index (χ0n) is 11.1. The van der Waals surface area contributed by atoms with Crippen molar-refractivity contribution in [2.45, 2.75) is 19.4 Å². The van der Waals surface area contributed by atoms with Crippen LogP contribution >= 0.6 is 11.6 Å². The second-order valence-electron chi connectivity index (χ2n) is 4.21. The summed E-state index contributed by atoms with van der Waals surface area (Å²) in [6.07, 6.45) is -0.635. The summed E-state index contributed by atoms with van der Waals surface area (Å²) in [5.74, 6) is -0.961. The van der Waals surface area contributed by atoms with Gasteiger partial charge >= 0.3 is 5.97 Å². The highest BCUT2D eigenvalue weighted by molar-refractivity contribution is 6.33. The van der Waals surface area contributed by atoms with Crippen molar-refractivity contribution in [3.63, 3.8) is 0 Å². The molecule has 0 aromatic heterocycles. The van der Waals surface area contributed by atoms with E-state index in [9.17, 15) is 14.9 Å². The predicted octanol–water partition coefficient (Wildman–Crippen LogP) is 2.46.